The lowest BCUT2D eigenvalue weighted by Gasteiger charge is -2.20. The zero-order chi connectivity index (χ0) is 22.4. The van der Waals surface area contributed by atoms with E-state index < -0.39 is 0 Å². The van der Waals surface area contributed by atoms with E-state index in [1.165, 1.54) is 11.1 Å². The molecule has 1 amide bonds. The Balaban J connectivity index is 1.41. The molecule has 0 bridgehead atoms. The molecule has 0 radical (unpaired) electrons. The maximum absolute atomic E-state index is 13.7. The number of para-hydroxylation sites is 1. The van der Waals surface area contributed by atoms with Crippen molar-refractivity contribution in [3.8, 4) is 16.8 Å². The van der Waals surface area contributed by atoms with E-state index in [9.17, 15) is 4.79 Å². The summed E-state index contributed by atoms with van der Waals surface area (Å²) in [5, 5.41) is 9.67. The van der Waals surface area contributed by atoms with Crippen LogP contribution in [-0.2, 0) is 13.1 Å². The summed E-state index contributed by atoms with van der Waals surface area (Å²) in [4.78, 5) is 20.1. The SMILES string of the molecule is Cc1c(C(=O)N2Cc3ccccc3-c3ccccc3C2)nnn1-c1cccc2cccnc12. The van der Waals surface area contributed by atoms with Gasteiger partial charge in [-0.3, -0.25) is 9.78 Å². The Bertz CT molecular complexity index is 1470. The Kier molecular flexibility index (Phi) is 4.50. The lowest BCUT2D eigenvalue weighted by Crippen LogP contribution is -2.30. The number of fused-ring (bicyclic) bond motifs is 4. The molecule has 0 N–H and O–H groups in total. The van der Waals surface area contributed by atoms with Gasteiger partial charge in [-0.2, -0.15) is 0 Å². The lowest BCUT2D eigenvalue weighted by atomic mass is 9.97. The van der Waals surface area contributed by atoms with Crippen molar-refractivity contribution in [1.29, 1.82) is 0 Å². The minimum absolute atomic E-state index is 0.126. The summed E-state index contributed by atoms with van der Waals surface area (Å²) >= 11 is 0. The topological polar surface area (TPSA) is 63.9 Å². The van der Waals surface area contributed by atoms with Crippen LogP contribution in [0.15, 0.2) is 85.1 Å². The molecule has 2 aromatic heterocycles. The molecular weight excluding hydrogens is 410 g/mol. The third kappa shape index (κ3) is 3.19. The molecule has 3 aromatic carbocycles. The van der Waals surface area contributed by atoms with E-state index in [1.807, 2.05) is 66.4 Å². The van der Waals surface area contributed by atoms with E-state index in [0.717, 1.165) is 27.7 Å². The number of benzene rings is 3. The monoisotopic (exact) mass is 431 g/mol. The second kappa shape index (κ2) is 7.67. The van der Waals surface area contributed by atoms with Crippen molar-refractivity contribution >= 4 is 16.8 Å². The first kappa shape index (κ1) is 19.4. The maximum Gasteiger partial charge on any atom is 0.276 e. The number of amides is 1. The average Bonchev–Trinajstić information content (AvgIpc) is 3.15. The van der Waals surface area contributed by atoms with Crippen LogP contribution in [0, 0.1) is 6.92 Å². The highest BCUT2D eigenvalue weighted by molar-refractivity contribution is 5.94. The third-order valence-corrected chi connectivity index (χ3v) is 6.27. The zero-order valence-corrected chi connectivity index (χ0v) is 18.1. The quantitative estimate of drug-likeness (QED) is 0.397. The van der Waals surface area contributed by atoms with E-state index in [4.69, 9.17) is 0 Å². The predicted molar refractivity (Wildman–Crippen MR) is 127 cm³/mol. The number of carbonyl (C=O) groups is 1. The molecule has 0 unspecified atom stereocenters. The molecule has 0 atom stereocenters. The van der Waals surface area contributed by atoms with E-state index in [0.29, 0.717) is 24.5 Å². The van der Waals surface area contributed by atoms with Crippen molar-refractivity contribution in [2.45, 2.75) is 20.0 Å². The fourth-order valence-corrected chi connectivity index (χ4v) is 4.62. The summed E-state index contributed by atoms with van der Waals surface area (Å²) in [6, 6.07) is 26.4. The van der Waals surface area contributed by atoms with Crippen LogP contribution < -0.4 is 0 Å². The largest absolute Gasteiger partial charge is 0.328 e. The highest BCUT2D eigenvalue weighted by Gasteiger charge is 2.27. The minimum Gasteiger partial charge on any atom is -0.328 e. The molecule has 6 nitrogen and oxygen atoms in total. The molecule has 160 valence electrons. The Hall–Kier alpha value is -4.32. The van der Waals surface area contributed by atoms with Gasteiger partial charge in [0.2, 0.25) is 0 Å². The number of nitrogens with zero attached hydrogens (tertiary/aromatic N) is 5. The first-order valence-electron chi connectivity index (χ1n) is 10.9. The number of hydrogen-bond donors (Lipinski definition) is 0. The van der Waals surface area contributed by atoms with Gasteiger partial charge in [0, 0.05) is 24.7 Å². The van der Waals surface area contributed by atoms with Gasteiger partial charge >= 0.3 is 0 Å². The van der Waals surface area contributed by atoms with Crippen molar-refractivity contribution < 1.29 is 4.79 Å². The first-order chi connectivity index (χ1) is 16.2. The molecule has 1 aliphatic heterocycles. The molecule has 0 fully saturated rings. The molecule has 6 heteroatoms. The van der Waals surface area contributed by atoms with E-state index in [-0.39, 0.29) is 5.91 Å². The Labute approximate surface area is 191 Å². The fourth-order valence-electron chi connectivity index (χ4n) is 4.62. The van der Waals surface area contributed by atoms with Gasteiger partial charge in [-0.1, -0.05) is 71.9 Å². The number of aromatic nitrogens is 4. The van der Waals surface area contributed by atoms with E-state index in [1.54, 1.807) is 10.9 Å². The van der Waals surface area contributed by atoms with Crippen LogP contribution in [0.3, 0.4) is 0 Å². The molecule has 6 rings (SSSR count). The lowest BCUT2D eigenvalue weighted by molar-refractivity contribution is 0.0725. The van der Waals surface area contributed by atoms with Gasteiger partial charge in [-0.15, -0.1) is 5.10 Å². The van der Waals surface area contributed by atoms with Crippen molar-refractivity contribution in [1.82, 2.24) is 24.9 Å². The summed E-state index contributed by atoms with van der Waals surface area (Å²) < 4.78 is 1.71. The van der Waals surface area contributed by atoms with Crippen molar-refractivity contribution in [3.63, 3.8) is 0 Å². The van der Waals surface area contributed by atoms with Crippen LogP contribution >= 0.6 is 0 Å². The van der Waals surface area contributed by atoms with Crippen LogP contribution in [0.4, 0.5) is 0 Å². The summed E-state index contributed by atoms with van der Waals surface area (Å²) in [5.41, 5.74) is 7.28. The van der Waals surface area contributed by atoms with Crippen molar-refractivity contribution in [2.75, 3.05) is 0 Å². The number of hydrogen-bond acceptors (Lipinski definition) is 4. The number of carbonyl (C=O) groups excluding carboxylic acids is 1. The van der Waals surface area contributed by atoms with Crippen LogP contribution in [0.1, 0.15) is 27.3 Å². The highest BCUT2D eigenvalue weighted by atomic mass is 16.2. The molecule has 0 saturated heterocycles. The van der Waals surface area contributed by atoms with Crippen LogP contribution in [0.2, 0.25) is 0 Å². The Morgan fingerprint density at radius 1 is 0.818 bits per heavy atom. The molecule has 5 aromatic rings. The standard InChI is InChI=1S/C27H21N5O/c1-18-25(29-30-32(18)24-14-6-10-19-11-7-15-28-26(19)24)27(33)31-16-20-8-2-4-12-22(20)23-13-5-3-9-21(23)17-31/h2-15H,16-17H2,1H3. The summed E-state index contributed by atoms with van der Waals surface area (Å²) in [6.45, 7) is 2.92. The first-order valence-corrected chi connectivity index (χ1v) is 10.9. The molecule has 33 heavy (non-hydrogen) atoms. The Morgan fingerprint density at radius 2 is 1.48 bits per heavy atom. The molecule has 0 spiro atoms. The predicted octanol–water partition coefficient (Wildman–Crippen LogP) is 4.95. The second-order valence-corrected chi connectivity index (χ2v) is 8.26. The normalized spacial score (nSPS) is 12.8. The van der Waals surface area contributed by atoms with Crippen LogP contribution in [0.25, 0.3) is 27.7 Å². The summed E-state index contributed by atoms with van der Waals surface area (Å²) in [5.74, 6) is -0.126. The highest BCUT2D eigenvalue weighted by Crippen LogP contribution is 2.33. The fraction of sp³-hybridized carbons (Fsp3) is 0.111. The number of rotatable bonds is 2. The van der Waals surface area contributed by atoms with Gasteiger partial charge in [0.1, 0.15) is 0 Å². The molecular formula is C27H21N5O. The smallest absolute Gasteiger partial charge is 0.276 e. The van der Waals surface area contributed by atoms with Crippen molar-refractivity contribution in [2.24, 2.45) is 0 Å². The van der Waals surface area contributed by atoms with Gasteiger partial charge in [0.15, 0.2) is 5.69 Å². The maximum atomic E-state index is 13.7. The number of pyridine rings is 1. The van der Waals surface area contributed by atoms with Gasteiger partial charge in [-0.05, 0) is 41.3 Å². The summed E-state index contributed by atoms with van der Waals surface area (Å²) in [7, 11) is 0. The van der Waals surface area contributed by atoms with E-state index >= 15 is 0 Å². The summed E-state index contributed by atoms with van der Waals surface area (Å²) in [6.07, 6.45) is 1.76. The van der Waals surface area contributed by atoms with Gasteiger partial charge in [0.25, 0.3) is 5.91 Å². The average molecular weight is 431 g/mol. The zero-order valence-electron chi connectivity index (χ0n) is 18.1. The minimum atomic E-state index is -0.126. The van der Waals surface area contributed by atoms with Crippen LogP contribution in [-0.4, -0.2) is 30.8 Å². The van der Waals surface area contributed by atoms with Crippen LogP contribution in [0.5, 0.6) is 0 Å². The van der Waals surface area contributed by atoms with Crippen molar-refractivity contribution in [3.05, 3.63) is 108 Å². The van der Waals surface area contributed by atoms with Gasteiger partial charge in [-0.25, -0.2) is 4.68 Å². The molecule has 3 heterocycles. The van der Waals surface area contributed by atoms with Gasteiger partial charge in [0.05, 0.1) is 16.9 Å². The molecule has 1 aliphatic rings. The molecule has 0 saturated carbocycles. The second-order valence-electron chi connectivity index (χ2n) is 8.26. The third-order valence-electron chi connectivity index (χ3n) is 6.27. The van der Waals surface area contributed by atoms with E-state index in [2.05, 4.69) is 39.6 Å². The molecule has 0 aliphatic carbocycles. The Morgan fingerprint density at radius 3 is 2.21 bits per heavy atom. The van der Waals surface area contributed by atoms with Gasteiger partial charge < -0.3 is 4.90 Å².